The van der Waals surface area contributed by atoms with Crippen molar-refractivity contribution in [3.63, 3.8) is 0 Å². The Labute approximate surface area is 108 Å². The van der Waals surface area contributed by atoms with Gasteiger partial charge in [-0.1, -0.05) is 6.92 Å². The number of aliphatic carboxylic acids is 1. The van der Waals surface area contributed by atoms with Crippen molar-refractivity contribution >= 4 is 5.97 Å². The van der Waals surface area contributed by atoms with Gasteiger partial charge in [0.15, 0.2) is 0 Å². The summed E-state index contributed by atoms with van der Waals surface area (Å²) >= 11 is 0. The molecule has 5 nitrogen and oxygen atoms in total. The molecule has 1 heterocycles. The van der Waals surface area contributed by atoms with Crippen molar-refractivity contribution < 1.29 is 9.90 Å². The zero-order chi connectivity index (χ0) is 13.7. The van der Waals surface area contributed by atoms with Gasteiger partial charge in [0, 0.05) is 24.8 Å². The van der Waals surface area contributed by atoms with Crippen LogP contribution in [0.3, 0.4) is 0 Å². The number of carbonyl (C=O) groups is 1. The molecule has 0 bridgehead atoms. The van der Waals surface area contributed by atoms with E-state index in [9.17, 15) is 4.79 Å². The molecule has 0 aromatic carbocycles. The van der Waals surface area contributed by atoms with E-state index in [0.717, 1.165) is 12.1 Å². The number of carboxylic acid groups (broad SMARTS) is 1. The third-order valence-electron chi connectivity index (χ3n) is 3.11. The van der Waals surface area contributed by atoms with Crippen LogP contribution in [-0.4, -0.2) is 38.3 Å². The van der Waals surface area contributed by atoms with E-state index in [4.69, 9.17) is 5.11 Å². The van der Waals surface area contributed by atoms with E-state index in [0.29, 0.717) is 12.6 Å². The minimum absolute atomic E-state index is 0.0591. The Balaban J connectivity index is 2.72. The number of hydrogen-bond donors (Lipinski definition) is 1. The maximum absolute atomic E-state index is 10.9. The highest BCUT2D eigenvalue weighted by Crippen LogP contribution is 2.10. The van der Waals surface area contributed by atoms with Crippen LogP contribution in [0, 0.1) is 0 Å². The molecule has 0 saturated carbocycles. The van der Waals surface area contributed by atoms with Crippen LogP contribution in [0.1, 0.15) is 45.9 Å². The Kier molecular flexibility index (Phi) is 5.34. The maximum atomic E-state index is 10.9. The fourth-order valence-electron chi connectivity index (χ4n) is 1.76. The van der Waals surface area contributed by atoms with Crippen LogP contribution in [-0.2, 0) is 11.3 Å². The molecule has 0 spiro atoms. The average Bonchev–Trinajstić information content (AvgIpc) is 2.75. The first-order valence-corrected chi connectivity index (χ1v) is 6.43. The third-order valence-corrected chi connectivity index (χ3v) is 3.11. The van der Waals surface area contributed by atoms with Crippen molar-refractivity contribution in [2.24, 2.45) is 0 Å². The van der Waals surface area contributed by atoms with E-state index in [-0.39, 0.29) is 12.6 Å². The van der Waals surface area contributed by atoms with Crippen molar-refractivity contribution in [1.82, 2.24) is 14.7 Å². The van der Waals surface area contributed by atoms with Gasteiger partial charge in [0.25, 0.3) is 0 Å². The van der Waals surface area contributed by atoms with Gasteiger partial charge in [-0.15, -0.1) is 0 Å². The van der Waals surface area contributed by atoms with Crippen LogP contribution in [0.25, 0.3) is 0 Å². The van der Waals surface area contributed by atoms with Gasteiger partial charge >= 0.3 is 5.97 Å². The third kappa shape index (κ3) is 4.14. The molecule has 1 N–H and O–H groups in total. The van der Waals surface area contributed by atoms with Gasteiger partial charge in [-0.25, -0.2) is 0 Å². The molecule has 0 fully saturated rings. The predicted molar refractivity (Wildman–Crippen MR) is 70.4 cm³/mol. The van der Waals surface area contributed by atoms with Gasteiger partial charge < -0.3 is 5.11 Å². The monoisotopic (exact) mass is 253 g/mol. The molecule has 1 atom stereocenters. The summed E-state index contributed by atoms with van der Waals surface area (Å²) in [6, 6.07) is 2.53. The molecule has 102 valence electrons. The number of aromatic nitrogens is 2. The van der Waals surface area contributed by atoms with Crippen LogP contribution < -0.4 is 0 Å². The maximum Gasteiger partial charge on any atom is 0.317 e. The van der Waals surface area contributed by atoms with E-state index >= 15 is 0 Å². The number of hydrogen-bond acceptors (Lipinski definition) is 3. The highest BCUT2D eigenvalue weighted by molar-refractivity contribution is 5.69. The molecule has 0 amide bonds. The van der Waals surface area contributed by atoms with Crippen molar-refractivity contribution in [2.75, 3.05) is 6.54 Å². The molecule has 0 aliphatic heterocycles. The first-order valence-electron chi connectivity index (χ1n) is 6.43. The number of carboxylic acids is 1. The van der Waals surface area contributed by atoms with Gasteiger partial charge in [-0.2, -0.15) is 5.10 Å². The summed E-state index contributed by atoms with van der Waals surface area (Å²) in [4.78, 5) is 12.8. The molecule has 1 rings (SSSR count). The lowest BCUT2D eigenvalue weighted by Gasteiger charge is -2.25. The second-order valence-electron chi connectivity index (χ2n) is 4.94. The Morgan fingerprint density at radius 2 is 2.17 bits per heavy atom. The standard InChI is InChI=1S/C13H23N3O2/c1-5-11(4)15(9-13(17)18)8-12-6-7-16(14-12)10(2)3/h6-7,10-11H,5,8-9H2,1-4H3,(H,17,18). The van der Waals surface area contributed by atoms with Crippen molar-refractivity contribution in [3.8, 4) is 0 Å². The first kappa shape index (κ1) is 14.7. The molecule has 0 saturated heterocycles. The summed E-state index contributed by atoms with van der Waals surface area (Å²) in [5, 5.41) is 13.4. The SMILES string of the molecule is CCC(C)N(CC(=O)O)Cc1ccn(C(C)C)n1. The smallest absolute Gasteiger partial charge is 0.317 e. The lowest BCUT2D eigenvalue weighted by atomic mass is 10.2. The quantitative estimate of drug-likeness (QED) is 0.809. The van der Waals surface area contributed by atoms with Gasteiger partial charge in [0.05, 0.1) is 12.2 Å². The van der Waals surface area contributed by atoms with Gasteiger partial charge in [0.1, 0.15) is 0 Å². The normalized spacial score (nSPS) is 13.2. The summed E-state index contributed by atoms with van der Waals surface area (Å²) in [5.41, 5.74) is 0.922. The molecule has 1 aromatic heterocycles. The zero-order valence-corrected chi connectivity index (χ0v) is 11.6. The molecule has 18 heavy (non-hydrogen) atoms. The van der Waals surface area contributed by atoms with Crippen LogP contribution >= 0.6 is 0 Å². The lowest BCUT2D eigenvalue weighted by molar-refractivity contribution is -0.139. The van der Waals surface area contributed by atoms with Crippen LogP contribution in [0.5, 0.6) is 0 Å². The Hall–Kier alpha value is -1.36. The Bertz CT molecular complexity index is 387. The average molecular weight is 253 g/mol. The number of nitrogens with zero attached hydrogens (tertiary/aromatic N) is 3. The summed E-state index contributed by atoms with van der Waals surface area (Å²) in [7, 11) is 0. The predicted octanol–water partition coefficient (Wildman–Crippen LogP) is 2.15. The van der Waals surface area contributed by atoms with Crippen molar-refractivity contribution in [3.05, 3.63) is 18.0 Å². The fourth-order valence-corrected chi connectivity index (χ4v) is 1.76. The minimum atomic E-state index is -0.793. The minimum Gasteiger partial charge on any atom is -0.480 e. The summed E-state index contributed by atoms with van der Waals surface area (Å²) < 4.78 is 1.89. The number of rotatable bonds is 7. The fraction of sp³-hybridized carbons (Fsp3) is 0.692. The van der Waals surface area contributed by atoms with E-state index in [2.05, 4.69) is 25.9 Å². The van der Waals surface area contributed by atoms with Crippen molar-refractivity contribution in [1.29, 1.82) is 0 Å². The largest absolute Gasteiger partial charge is 0.480 e. The van der Waals surface area contributed by atoms with Crippen LogP contribution in [0.15, 0.2) is 12.3 Å². The molecule has 1 aromatic rings. The van der Waals surface area contributed by atoms with E-state index in [1.807, 2.05) is 28.8 Å². The highest BCUT2D eigenvalue weighted by atomic mass is 16.4. The summed E-state index contributed by atoms with van der Waals surface area (Å²) in [6.45, 7) is 8.89. The van der Waals surface area contributed by atoms with E-state index in [1.165, 1.54) is 0 Å². The Morgan fingerprint density at radius 3 is 2.61 bits per heavy atom. The molecule has 0 aliphatic rings. The second-order valence-corrected chi connectivity index (χ2v) is 4.94. The Morgan fingerprint density at radius 1 is 1.50 bits per heavy atom. The molecule has 5 heteroatoms. The van der Waals surface area contributed by atoms with Crippen LogP contribution in [0.4, 0.5) is 0 Å². The molecular weight excluding hydrogens is 230 g/mol. The van der Waals surface area contributed by atoms with Gasteiger partial charge in [-0.3, -0.25) is 14.4 Å². The van der Waals surface area contributed by atoms with Gasteiger partial charge in [0.2, 0.25) is 0 Å². The second kappa shape index (κ2) is 6.54. The first-order chi connectivity index (χ1) is 8.43. The van der Waals surface area contributed by atoms with E-state index < -0.39 is 5.97 Å². The summed E-state index contributed by atoms with van der Waals surface area (Å²) in [6.07, 6.45) is 2.87. The zero-order valence-electron chi connectivity index (χ0n) is 11.6. The highest BCUT2D eigenvalue weighted by Gasteiger charge is 2.17. The molecular formula is C13H23N3O2. The topological polar surface area (TPSA) is 58.4 Å². The van der Waals surface area contributed by atoms with Gasteiger partial charge in [-0.05, 0) is 33.3 Å². The molecule has 0 radical (unpaired) electrons. The molecule has 1 unspecified atom stereocenters. The molecule has 0 aliphatic carbocycles. The lowest BCUT2D eigenvalue weighted by Crippen LogP contribution is -2.36. The van der Waals surface area contributed by atoms with Crippen molar-refractivity contribution in [2.45, 2.75) is 52.7 Å². The van der Waals surface area contributed by atoms with Crippen LogP contribution in [0.2, 0.25) is 0 Å². The summed E-state index contributed by atoms with van der Waals surface area (Å²) in [5.74, 6) is -0.793. The van der Waals surface area contributed by atoms with E-state index in [1.54, 1.807) is 0 Å².